The highest BCUT2D eigenvalue weighted by Gasteiger charge is 2.33. The van der Waals surface area contributed by atoms with Crippen LogP contribution in [0.2, 0.25) is 0 Å². The van der Waals surface area contributed by atoms with E-state index >= 15 is 0 Å². The molecule has 0 amide bonds. The first-order chi connectivity index (χ1) is 5.29. The molecule has 0 aromatic carbocycles. The van der Waals surface area contributed by atoms with Gasteiger partial charge in [-0.05, 0) is 19.8 Å². The number of rotatable bonds is 0. The van der Waals surface area contributed by atoms with Crippen molar-refractivity contribution >= 4 is 5.97 Å². The van der Waals surface area contributed by atoms with Gasteiger partial charge in [0.15, 0.2) is 0 Å². The van der Waals surface area contributed by atoms with E-state index in [0.717, 1.165) is 24.0 Å². The smallest absolute Gasteiger partial charge is 0.336 e. The molecule has 2 aliphatic heterocycles. The summed E-state index contributed by atoms with van der Waals surface area (Å²) in [7, 11) is 0. The lowest BCUT2D eigenvalue weighted by Gasteiger charge is -2.19. The molecule has 0 radical (unpaired) electrons. The molecule has 0 N–H and O–H groups in total. The summed E-state index contributed by atoms with van der Waals surface area (Å²) in [4.78, 5) is 11.0. The van der Waals surface area contributed by atoms with E-state index in [0.29, 0.717) is 6.61 Å². The van der Waals surface area contributed by atoms with Gasteiger partial charge in [-0.15, -0.1) is 0 Å². The Morgan fingerprint density at radius 3 is 3.09 bits per heavy atom. The highest BCUT2D eigenvalue weighted by Crippen LogP contribution is 2.30. The average Bonchev–Trinajstić information content (AvgIpc) is 2.30. The molecule has 3 heteroatoms. The highest BCUT2D eigenvalue weighted by molar-refractivity contribution is 5.91. The summed E-state index contributed by atoms with van der Waals surface area (Å²) in [6, 6.07) is 0. The van der Waals surface area contributed by atoms with Gasteiger partial charge in [0.25, 0.3) is 0 Å². The minimum Gasteiger partial charge on any atom is -0.428 e. The van der Waals surface area contributed by atoms with Crippen molar-refractivity contribution in [1.82, 2.24) is 0 Å². The molecule has 0 saturated carbocycles. The van der Waals surface area contributed by atoms with Crippen LogP contribution in [0, 0.1) is 0 Å². The first-order valence-electron chi connectivity index (χ1n) is 3.81. The molecule has 2 rings (SSSR count). The van der Waals surface area contributed by atoms with Crippen LogP contribution in [0.3, 0.4) is 0 Å². The molecule has 0 aliphatic carbocycles. The lowest BCUT2D eigenvalue weighted by molar-refractivity contribution is -0.162. The topological polar surface area (TPSA) is 35.5 Å². The Kier molecular flexibility index (Phi) is 1.46. The van der Waals surface area contributed by atoms with Crippen LogP contribution >= 0.6 is 0 Å². The molecule has 1 fully saturated rings. The number of hydrogen-bond acceptors (Lipinski definition) is 3. The number of hydrogen-bond donors (Lipinski definition) is 0. The fourth-order valence-electron chi connectivity index (χ4n) is 1.46. The normalized spacial score (nSPS) is 30.3. The van der Waals surface area contributed by atoms with Gasteiger partial charge in [-0.25, -0.2) is 4.79 Å². The van der Waals surface area contributed by atoms with Crippen molar-refractivity contribution in [2.75, 3.05) is 6.61 Å². The van der Waals surface area contributed by atoms with Gasteiger partial charge in [0, 0.05) is 11.1 Å². The third-order valence-corrected chi connectivity index (χ3v) is 2.15. The van der Waals surface area contributed by atoms with E-state index in [1.807, 2.05) is 0 Å². The molecule has 60 valence electrons. The molecule has 0 spiro atoms. The van der Waals surface area contributed by atoms with E-state index in [1.165, 1.54) is 0 Å². The number of carbonyl (C=O) groups is 1. The SMILES string of the molecule is CC1=C2CCCOC2OC1=O. The number of esters is 1. The summed E-state index contributed by atoms with van der Waals surface area (Å²) in [5, 5.41) is 0. The Bertz CT molecular complexity index is 229. The number of ether oxygens (including phenoxy) is 2. The zero-order chi connectivity index (χ0) is 7.84. The first kappa shape index (κ1) is 6.85. The molecule has 0 bridgehead atoms. The van der Waals surface area contributed by atoms with E-state index in [-0.39, 0.29) is 12.3 Å². The Morgan fingerprint density at radius 1 is 1.55 bits per heavy atom. The van der Waals surface area contributed by atoms with Crippen LogP contribution in [-0.2, 0) is 14.3 Å². The van der Waals surface area contributed by atoms with Gasteiger partial charge < -0.3 is 9.47 Å². The standard InChI is InChI=1S/C8H10O3/c1-5-6-3-2-4-10-8(6)11-7(5)9/h8H,2-4H2,1H3. The second kappa shape index (κ2) is 2.34. The van der Waals surface area contributed by atoms with Crippen molar-refractivity contribution in [2.45, 2.75) is 26.1 Å². The van der Waals surface area contributed by atoms with Crippen molar-refractivity contribution in [2.24, 2.45) is 0 Å². The molecule has 0 aromatic rings. The van der Waals surface area contributed by atoms with Crippen molar-refractivity contribution in [1.29, 1.82) is 0 Å². The summed E-state index contributed by atoms with van der Waals surface area (Å²) in [6.07, 6.45) is 1.60. The molecule has 11 heavy (non-hydrogen) atoms. The monoisotopic (exact) mass is 154 g/mol. The molecule has 1 unspecified atom stereocenters. The maximum absolute atomic E-state index is 11.0. The molecule has 0 aromatic heterocycles. The summed E-state index contributed by atoms with van der Waals surface area (Å²) >= 11 is 0. The minimum absolute atomic E-state index is 0.216. The van der Waals surface area contributed by atoms with Gasteiger partial charge in [-0.3, -0.25) is 0 Å². The van der Waals surface area contributed by atoms with E-state index in [1.54, 1.807) is 6.92 Å². The van der Waals surface area contributed by atoms with Gasteiger partial charge in [0.05, 0.1) is 6.61 Å². The maximum Gasteiger partial charge on any atom is 0.336 e. The molecule has 3 nitrogen and oxygen atoms in total. The molecule has 2 aliphatic rings. The van der Waals surface area contributed by atoms with E-state index in [9.17, 15) is 4.79 Å². The largest absolute Gasteiger partial charge is 0.428 e. The van der Waals surface area contributed by atoms with Crippen LogP contribution in [-0.4, -0.2) is 18.9 Å². The Labute approximate surface area is 65.0 Å². The summed E-state index contributed by atoms with van der Waals surface area (Å²) in [5.41, 5.74) is 1.79. The zero-order valence-corrected chi connectivity index (χ0v) is 6.42. The van der Waals surface area contributed by atoms with Gasteiger partial charge in [-0.1, -0.05) is 0 Å². The summed E-state index contributed by atoms with van der Waals surface area (Å²) in [6.45, 7) is 2.50. The van der Waals surface area contributed by atoms with Gasteiger partial charge in [0.2, 0.25) is 6.29 Å². The van der Waals surface area contributed by atoms with E-state index < -0.39 is 0 Å². The van der Waals surface area contributed by atoms with Gasteiger partial charge >= 0.3 is 5.97 Å². The fraction of sp³-hybridized carbons (Fsp3) is 0.625. The third kappa shape index (κ3) is 0.959. The Morgan fingerprint density at radius 2 is 2.36 bits per heavy atom. The predicted octanol–water partition coefficient (Wildman–Crippen LogP) is 0.996. The minimum atomic E-state index is -0.351. The maximum atomic E-state index is 11.0. The van der Waals surface area contributed by atoms with Crippen molar-refractivity contribution in [3.8, 4) is 0 Å². The average molecular weight is 154 g/mol. The lowest BCUT2D eigenvalue weighted by atomic mass is 10.0. The summed E-state index contributed by atoms with van der Waals surface area (Å²) < 4.78 is 10.2. The Hall–Kier alpha value is -0.830. The molecular weight excluding hydrogens is 144 g/mol. The number of fused-ring (bicyclic) bond motifs is 1. The summed E-state index contributed by atoms with van der Waals surface area (Å²) in [5.74, 6) is -0.216. The van der Waals surface area contributed by atoms with Gasteiger partial charge in [0.1, 0.15) is 0 Å². The lowest BCUT2D eigenvalue weighted by Crippen LogP contribution is -2.21. The van der Waals surface area contributed by atoms with Crippen molar-refractivity contribution in [3.63, 3.8) is 0 Å². The zero-order valence-electron chi connectivity index (χ0n) is 6.42. The third-order valence-electron chi connectivity index (χ3n) is 2.15. The predicted molar refractivity (Wildman–Crippen MR) is 37.8 cm³/mol. The van der Waals surface area contributed by atoms with Crippen LogP contribution in [0.25, 0.3) is 0 Å². The van der Waals surface area contributed by atoms with Crippen LogP contribution in [0.4, 0.5) is 0 Å². The second-order valence-corrected chi connectivity index (χ2v) is 2.86. The van der Waals surface area contributed by atoms with Crippen LogP contribution in [0.1, 0.15) is 19.8 Å². The highest BCUT2D eigenvalue weighted by atomic mass is 16.7. The van der Waals surface area contributed by atoms with Crippen molar-refractivity contribution < 1.29 is 14.3 Å². The number of carbonyl (C=O) groups excluding carboxylic acids is 1. The molecule has 2 heterocycles. The molecule has 1 atom stereocenters. The fourth-order valence-corrected chi connectivity index (χ4v) is 1.46. The van der Waals surface area contributed by atoms with E-state index in [2.05, 4.69) is 0 Å². The van der Waals surface area contributed by atoms with Crippen LogP contribution in [0.15, 0.2) is 11.1 Å². The molecule has 1 saturated heterocycles. The van der Waals surface area contributed by atoms with Gasteiger partial charge in [-0.2, -0.15) is 0 Å². The Balaban J connectivity index is 2.28. The van der Waals surface area contributed by atoms with Crippen LogP contribution in [0.5, 0.6) is 0 Å². The first-order valence-corrected chi connectivity index (χ1v) is 3.81. The quantitative estimate of drug-likeness (QED) is 0.488. The van der Waals surface area contributed by atoms with Crippen LogP contribution < -0.4 is 0 Å². The molecular formula is C8H10O3. The van der Waals surface area contributed by atoms with Crippen molar-refractivity contribution in [3.05, 3.63) is 11.1 Å². The second-order valence-electron chi connectivity index (χ2n) is 2.86. The van der Waals surface area contributed by atoms with E-state index in [4.69, 9.17) is 9.47 Å².